The summed E-state index contributed by atoms with van der Waals surface area (Å²) in [6, 6.07) is 1.59. The summed E-state index contributed by atoms with van der Waals surface area (Å²) < 4.78 is 5.05. The average Bonchev–Trinajstić information content (AvgIpc) is 2.69. The van der Waals surface area contributed by atoms with Crippen LogP contribution in [0.15, 0.2) is 22.9 Å². The molecule has 0 aliphatic heterocycles. The molecule has 0 aromatic carbocycles. The lowest BCUT2D eigenvalue weighted by molar-refractivity contribution is 0.572. The molecular formula is C9H6N4O. The van der Waals surface area contributed by atoms with Crippen LogP contribution < -0.4 is 5.73 Å². The molecule has 0 aliphatic carbocycles. The number of anilines is 1. The fraction of sp³-hybridized carbons (Fsp3) is 0. The Morgan fingerprint density at radius 2 is 2.29 bits per heavy atom. The minimum Gasteiger partial charge on any atom is -0.443 e. The topological polar surface area (TPSA) is 77.8 Å². The number of nitrogens with two attached hydrogens (primary N) is 1. The van der Waals surface area contributed by atoms with Crippen molar-refractivity contribution in [2.75, 3.05) is 5.73 Å². The fourth-order valence-electron chi connectivity index (χ4n) is 0.999. The first-order valence-corrected chi connectivity index (χ1v) is 3.80. The molecule has 0 atom stereocenters. The monoisotopic (exact) mass is 186 g/mol. The second kappa shape index (κ2) is 3.18. The molecule has 0 radical (unpaired) electrons. The number of nitrogen functional groups attached to an aromatic ring is 1. The van der Waals surface area contributed by atoms with Gasteiger partial charge in [-0.2, -0.15) is 0 Å². The molecule has 2 aromatic rings. The molecule has 0 fully saturated rings. The normalized spacial score (nSPS) is 9.64. The van der Waals surface area contributed by atoms with Crippen molar-refractivity contribution in [1.82, 2.24) is 15.0 Å². The van der Waals surface area contributed by atoms with Gasteiger partial charge in [0, 0.05) is 6.07 Å². The van der Waals surface area contributed by atoms with Gasteiger partial charge in [0.2, 0.25) is 11.8 Å². The average molecular weight is 186 g/mol. The van der Waals surface area contributed by atoms with Crippen LogP contribution in [-0.2, 0) is 0 Å². The SMILES string of the molecule is C#Cc1cc(-c2ncco2)nc(N)n1. The molecule has 0 unspecified atom stereocenters. The molecule has 68 valence electrons. The lowest BCUT2D eigenvalue weighted by atomic mass is 10.3. The van der Waals surface area contributed by atoms with Gasteiger partial charge in [-0.3, -0.25) is 0 Å². The van der Waals surface area contributed by atoms with Crippen molar-refractivity contribution in [2.24, 2.45) is 0 Å². The third-order valence-corrected chi connectivity index (χ3v) is 1.54. The number of terminal acetylenes is 1. The molecule has 0 amide bonds. The van der Waals surface area contributed by atoms with Gasteiger partial charge in [-0.1, -0.05) is 5.92 Å². The van der Waals surface area contributed by atoms with Crippen molar-refractivity contribution in [3.63, 3.8) is 0 Å². The Balaban J connectivity index is 2.55. The predicted molar refractivity (Wildman–Crippen MR) is 49.9 cm³/mol. The van der Waals surface area contributed by atoms with Crippen molar-refractivity contribution in [3.05, 3.63) is 24.2 Å². The van der Waals surface area contributed by atoms with Crippen molar-refractivity contribution in [3.8, 4) is 23.9 Å². The zero-order valence-corrected chi connectivity index (χ0v) is 7.14. The summed E-state index contributed by atoms with van der Waals surface area (Å²) in [4.78, 5) is 11.7. The zero-order chi connectivity index (χ0) is 9.97. The number of hydrogen-bond donors (Lipinski definition) is 1. The van der Waals surface area contributed by atoms with E-state index < -0.39 is 0 Å². The molecule has 2 rings (SSSR count). The number of nitrogens with zero attached hydrogens (tertiary/aromatic N) is 3. The summed E-state index contributed by atoms with van der Waals surface area (Å²) in [5.41, 5.74) is 6.34. The van der Waals surface area contributed by atoms with Gasteiger partial charge in [-0.15, -0.1) is 6.42 Å². The van der Waals surface area contributed by atoms with Gasteiger partial charge in [0.15, 0.2) is 0 Å². The van der Waals surface area contributed by atoms with E-state index in [-0.39, 0.29) is 5.95 Å². The molecule has 2 aromatic heterocycles. The summed E-state index contributed by atoms with van der Waals surface area (Å²) in [5, 5.41) is 0. The maximum Gasteiger partial charge on any atom is 0.245 e. The maximum atomic E-state index is 5.45. The highest BCUT2D eigenvalue weighted by Gasteiger charge is 2.06. The summed E-state index contributed by atoms with van der Waals surface area (Å²) in [5.74, 6) is 2.85. The Morgan fingerprint density at radius 3 is 2.93 bits per heavy atom. The summed E-state index contributed by atoms with van der Waals surface area (Å²) in [6.45, 7) is 0. The van der Waals surface area contributed by atoms with Crippen molar-refractivity contribution < 1.29 is 4.42 Å². The van der Waals surface area contributed by atoms with Gasteiger partial charge in [-0.25, -0.2) is 15.0 Å². The van der Waals surface area contributed by atoms with E-state index >= 15 is 0 Å². The molecule has 0 bridgehead atoms. The molecule has 5 nitrogen and oxygen atoms in total. The van der Waals surface area contributed by atoms with E-state index in [1.54, 1.807) is 6.07 Å². The molecule has 5 heteroatoms. The molecule has 0 aliphatic rings. The number of aromatic nitrogens is 3. The van der Waals surface area contributed by atoms with Crippen LogP contribution >= 0.6 is 0 Å². The van der Waals surface area contributed by atoms with E-state index in [0.29, 0.717) is 17.3 Å². The lowest BCUT2D eigenvalue weighted by Crippen LogP contribution is -1.98. The predicted octanol–water partition coefficient (Wildman–Crippen LogP) is 0.695. The number of oxazole rings is 1. The van der Waals surface area contributed by atoms with E-state index in [1.165, 1.54) is 12.5 Å². The highest BCUT2D eigenvalue weighted by molar-refractivity contribution is 5.51. The molecule has 0 saturated heterocycles. The maximum absolute atomic E-state index is 5.45. The van der Waals surface area contributed by atoms with Crippen LogP contribution in [0.1, 0.15) is 5.69 Å². The first-order chi connectivity index (χ1) is 6.79. The molecule has 2 heterocycles. The smallest absolute Gasteiger partial charge is 0.245 e. The van der Waals surface area contributed by atoms with Crippen LogP contribution in [0.5, 0.6) is 0 Å². The van der Waals surface area contributed by atoms with Crippen molar-refractivity contribution in [1.29, 1.82) is 0 Å². The molecule has 0 spiro atoms. The van der Waals surface area contributed by atoms with Gasteiger partial charge in [-0.05, 0) is 0 Å². The van der Waals surface area contributed by atoms with E-state index in [1.807, 2.05) is 0 Å². The summed E-state index contributed by atoms with van der Waals surface area (Å²) in [7, 11) is 0. The van der Waals surface area contributed by atoms with Crippen LogP contribution in [0.2, 0.25) is 0 Å². The third kappa shape index (κ3) is 1.41. The van der Waals surface area contributed by atoms with E-state index in [2.05, 4.69) is 20.9 Å². The third-order valence-electron chi connectivity index (χ3n) is 1.54. The van der Waals surface area contributed by atoms with Crippen LogP contribution in [0.3, 0.4) is 0 Å². The highest BCUT2D eigenvalue weighted by atomic mass is 16.3. The second-order valence-electron chi connectivity index (χ2n) is 2.48. The van der Waals surface area contributed by atoms with Crippen LogP contribution in [-0.4, -0.2) is 15.0 Å². The Hall–Kier alpha value is -2.35. The summed E-state index contributed by atoms with van der Waals surface area (Å²) in [6.07, 6.45) is 8.16. The minimum atomic E-state index is 0.105. The van der Waals surface area contributed by atoms with E-state index in [4.69, 9.17) is 16.6 Å². The zero-order valence-electron chi connectivity index (χ0n) is 7.14. The first kappa shape index (κ1) is 8.26. The Kier molecular flexibility index (Phi) is 1.88. The molecular weight excluding hydrogens is 180 g/mol. The van der Waals surface area contributed by atoms with Crippen LogP contribution in [0.4, 0.5) is 5.95 Å². The largest absolute Gasteiger partial charge is 0.443 e. The van der Waals surface area contributed by atoms with Gasteiger partial charge in [0.05, 0.1) is 6.20 Å². The first-order valence-electron chi connectivity index (χ1n) is 3.80. The van der Waals surface area contributed by atoms with Gasteiger partial charge in [0.1, 0.15) is 17.7 Å². The lowest BCUT2D eigenvalue weighted by Gasteiger charge is -1.97. The number of hydrogen-bond acceptors (Lipinski definition) is 5. The standard InChI is InChI=1S/C9H6N4O/c1-2-6-5-7(13-9(10)12-6)8-11-3-4-14-8/h1,3-5H,(H2,10,12,13). The van der Waals surface area contributed by atoms with E-state index in [0.717, 1.165) is 0 Å². The Labute approximate surface area is 80.0 Å². The van der Waals surface area contributed by atoms with Gasteiger partial charge >= 0.3 is 0 Å². The van der Waals surface area contributed by atoms with Gasteiger partial charge in [0.25, 0.3) is 0 Å². The minimum absolute atomic E-state index is 0.105. The Bertz CT molecular complexity index is 484. The second-order valence-corrected chi connectivity index (χ2v) is 2.48. The molecule has 14 heavy (non-hydrogen) atoms. The van der Waals surface area contributed by atoms with Gasteiger partial charge < -0.3 is 10.2 Å². The Morgan fingerprint density at radius 1 is 1.43 bits per heavy atom. The van der Waals surface area contributed by atoms with Crippen LogP contribution in [0.25, 0.3) is 11.6 Å². The van der Waals surface area contributed by atoms with Crippen LogP contribution in [0, 0.1) is 12.3 Å². The molecule has 2 N–H and O–H groups in total. The fourth-order valence-corrected chi connectivity index (χ4v) is 0.999. The van der Waals surface area contributed by atoms with Crippen molar-refractivity contribution in [2.45, 2.75) is 0 Å². The summed E-state index contributed by atoms with van der Waals surface area (Å²) >= 11 is 0. The quantitative estimate of drug-likeness (QED) is 0.663. The molecule has 0 saturated carbocycles. The van der Waals surface area contributed by atoms with Crippen molar-refractivity contribution >= 4 is 5.95 Å². The number of rotatable bonds is 1. The van der Waals surface area contributed by atoms with E-state index in [9.17, 15) is 0 Å². The highest BCUT2D eigenvalue weighted by Crippen LogP contribution is 2.15.